The van der Waals surface area contributed by atoms with Crippen LogP contribution in [0.4, 0.5) is 13.2 Å². The molecule has 0 spiro atoms. The maximum atomic E-state index is 12.9. The van der Waals surface area contributed by atoms with Crippen LogP contribution in [0.25, 0.3) is 0 Å². The van der Waals surface area contributed by atoms with E-state index in [1.165, 1.54) is 20.8 Å². The molecular formula is C11H17F3N4OS. The molecule has 1 rings (SSSR count). The van der Waals surface area contributed by atoms with E-state index in [9.17, 15) is 18.0 Å². The van der Waals surface area contributed by atoms with Gasteiger partial charge in [0, 0.05) is 0 Å². The summed E-state index contributed by atoms with van der Waals surface area (Å²) in [7, 11) is 0. The van der Waals surface area contributed by atoms with Crippen molar-refractivity contribution in [3.8, 4) is 0 Å². The van der Waals surface area contributed by atoms with Crippen molar-refractivity contribution >= 4 is 17.7 Å². The largest absolute Gasteiger partial charge is 0.409 e. The van der Waals surface area contributed by atoms with Gasteiger partial charge in [-0.1, -0.05) is 32.5 Å². The number of hydrogen-bond donors (Lipinski definition) is 2. The van der Waals surface area contributed by atoms with Crippen LogP contribution in [0.3, 0.4) is 0 Å². The van der Waals surface area contributed by atoms with Crippen LogP contribution in [0.2, 0.25) is 0 Å². The Morgan fingerprint density at radius 1 is 1.40 bits per heavy atom. The monoisotopic (exact) mass is 310 g/mol. The molecule has 0 saturated carbocycles. The molecule has 1 aromatic rings. The summed E-state index contributed by atoms with van der Waals surface area (Å²) in [6.07, 6.45) is -4.49. The fourth-order valence-electron chi connectivity index (χ4n) is 1.51. The summed E-state index contributed by atoms with van der Waals surface area (Å²) in [4.78, 5) is 15.6. The molecule has 2 N–H and O–H groups in total. The maximum Gasteiger partial charge on any atom is 0.409 e. The molecule has 20 heavy (non-hydrogen) atoms. The summed E-state index contributed by atoms with van der Waals surface area (Å²) >= 11 is 0.980. The second kappa shape index (κ2) is 6.02. The molecule has 1 aromatic heterocycles. The van der Waals surface area contributed by atoms with E-state index >= 15 is 0 Å². The lowest BCUT2D eigenvalue weighted by Gasteiger charge is -2.32. The van der Waals surface area contributed by atoms with Gasteiger partial charge in [-0.3, -0.25) is 9.89 Å². The van der Waals surface area contributed by atoms with Gasteiger partial charge in [0.15, 0.2) is 0 Å². The van der Waals surface area contributed by atoms with Crippen LogP contribution in [0.1, 0.15) is 26.6 Å². The number of alkyl halides is 3. The van der Waals surface area contributed by atoms with Crippen molar-refractivity contribution in [3.63, 3.8) is 0 Å². The Bertz CT molecular complexity index is 453. The molecule has 1 atom stereocenters. The zero-order valence-corrected chi connectivity index (χ0v) is 12.4. The van der Waals surface area contributed by atoms with Gasteiger partial charge in [0.2, 0.25) is 11.1 Å². The van der Waals surface area contributed by atoms with Gasteiger partial charge in [-0.2, -0.15) is 13.2 Å². The second-order valence-electron chi connectivity index (χ2n) is 5.40. The zero-order chi connectivity index (χ0) is 15.6. The summed E-state index contributed by atoms with van der Waals surface area (Å²) in [5.41, 5.74) is -1.11. The van der Waals surface area contributed by atoms with E-state index in [0.717, 1.165) is 11.8 Å². The minimum atomic E-state index is -4.49. The van der Waals surface area contributed by atoms with E-state index < -0.39 is 23.5 Å². The van der Waals surface area contributed by atoms with Crippen LogP contribution >= 0.6 is 11.8 Å². The lowest BCUT2D eigenvalue weighted by molar-refractivity contribution is -0.180. The summed E-state index contributed by atoms with van der Waals surface area (Å²) in [5, 5.41) is 8.73. The Balaban J connectivity index is 2.59. The molecule has 0 bridgehead atoms. The molecule has 9 heteroatoms. The predicted octanol–water partition coefficient (Wildman–Crippen LogP) is 2.30. The first-order valence-electron chi connectivity index (χ1n) is 5.88. The minimum absolute atomic E-state index is 0.167. The van der Waals surface area contributed by atoms with Crippen LogP contribution in [0.15, 0.2) is 5.16 Å². The number of nitrogens with one attached hydrogen (secondary N) is 2. The fraction of sp³-hybridized carbons (Fsp3) is 0.727. The van der Waals surface area contributed by atoms with Crippen LogP contribution < -0.4 is 5.32 Å². The van der Waals surface area contributed by atoms with Gasteiger partial charge in [0.25, 0.3) is 0 Å². The van der Waals surface area contributed by atoms with Gasteiger partial charge in [0.1, 0.15) is 11.9 Å². The lowest BCUT2D eigenvalue weighted by Crippen LogP contribution is -2.53. The van der Waals surface area contributed by atoms with E-state index in [-0.39, 0.29) is 5.75 Å². The van der Waals surface area contributed by atoms with E-state index in [1.807, 2.05) is 5.32 Å². The molecule has 0 aliphatic carbocycles. The molecule has 0 aliphatic heterocycles. The van der Waals surface area contributed by atoms with Crippen molar-refractivity contribution in [1.29, 1.82) is 0 Å². The average Bonchev–Trinajstić information content (AvgIpc) is 2.66. The first-order valence-corrected chi connectivity index (χ1v) is 6.86. The normalized spacial score (nSPS) is 14.2. The fourth-order valence-corrected chi connectivity index (χ4v) is 2.16. The number of amides is 1. The highest BCUT2D eigenvalue weighted by Crippen LogP contribution is 2.33. The van der Waals surface area contributed by atoms with Crippen molar-refractivity contribution in [2.45, 2.75) is 45.1 Å². The number of halogens is 3. The number of hydrogen-bond acceptors (Lipinski definition) is 4. The summed E-state index contributed by atoms with van der Waals surface area (Å²) in [6.45, 7) is 5.97. The Hall–Kier alpha value is -1.25. The Kier molecular flexibility index (Phi) is 5.06. The number of nitrogens with zero attached hydrogens (tertiary/aromatic N) is 2. The van der Waals surface area contributed by atoms with Gasteiger partial charge < -0.3 is 5.32 Å². The number of H-pyrrole nitrogens is 1. The van der Waals surface area contributed by atoms with Crippen molar-refractivity contribution in [2.24, 2.45) is 5.41 Å². The van der Waals surface area contributed by atoms with E-state index in [2.05, 4.69) is 15.2 Å². The van der Waals surface area contributed by atoms with Crippen LogP contribution in [-0.2, 0) is 4.79 Å². The topological polar surface area (TPSA) is 70.7 Å². The highest BCUT2D eigenvalue weighted by molar-refractivity contribution is 7.99. The van der Waals surface area contributed by atoms with Crippen LogP contribution in [-0.4, -0.2) is 39.1 Å². The molecule has 0 saturated heterocycles. The third-order valence-electron chi connectivity index (χ3n) is 2.41. The van der Waals surface area contributed by atoms with Crippen molar-refractivity contribution in [2.75, 3.05) is 5.75 Å². The molecule has 0 aromatic carbocycles. The maximum absolute atomic E-state index is 12.9. The SMILES string of the molecule is Cc1nc(SCC(=O)NC(C(C)(C)C)C(F)(F)F)n[nH]1. The zero-order valence-electron chi connectivity index (χ0n) is 11.6. The number of aromatic amines is 1. The van der Waals surface area contributed by atoms with Gasteiger partial charge >= 0.3 is 6.18 Å². The molecule has 0 fully saturated rings. The van der Waals surface area contributed by atoms with E-state index in [0.29, 0.717) is 11.0 Å². The highest BCUT2D eigenvalue weighted by Gasteiger charge is 2.47. The van der Waals surface area contributed by atoms with Gasteiger partial charge in [-0.25, -0.2) is 4.98 Å². The lowest BCUT2D eigenvalue weighted by atomic mass is 9.86. The minimum Gasteiger partial charge on any atom is -0.343 e. The van der Waals surface area contributed by atoms with Crippen molar-refractivity contribution < 1.29 is 18.0 Å². The molecule has 114 valence electrons. The van der Waals surface area contributed by atoms with Crippen LogP contribution in [0.5, 0.6) is 0 Å². The number of carbonyl (C=O) groups is 1. The average molecular weight is 310 g/mol. The molecule has 0 radical (unpaired) electrons. The number of aromatic nitrogens is 3. The molecule has 1 heterocycles. The smallest absolute Gasteiger partial charge is 0.343 e. The molecule has 5 nitrogen and oxygen atoms in total. The number of aryl methyl sites for hydroxylation is 1. The van der Waals surface area contributed by atoms with E-state index in [4.69, 9.17) is 0 Å². The second-order valence-corrected chi connectivity index (χ2v) is 6.34. The first-order chi connectivity index (χ1) is 9.00. The molecular weight excluding hydrogens is 293 g/mol. The predicted molar refractivity (Wildman–Crippen MR) is 69.3 cm³/mol. The summed E-state index contributed by atoms with van der Waals surface area (Å²) < 4.78 is 38.7. The molecule has 1 unspecified atom stereocenters. The number of rotatable bonds is 4. The summed E-state index contributed by atoms with van der Waals surface area (Å²) in [5.74, 6) is -0.287. The Morgan fingerprint density at radius 2 is 2.00 bits per heavy atom. The number of carbonyl (C=O) groups excluding carboxylic acids is 1. The van der Waals surface area contributed by atoms with Crippen molar-refractivity contribution in [3.05, 3.63) is 5.82 Å². The van der Waals surface area contributed by atoms with Crippen molar-refractivity contribution in [1.82, 2.24) is 20.5 Å². The highest BCUT2D eigenvalue weighted by atomic mass is 32.2. The van der Waals surface area contributed by atoms with Gasteiger partial charge in [-0.05, 0) is 12.3 Å². The van der Waals surface area contributed by atoms with Crippen LogP contribution in [0, 0.1) is 12.3 Å². The Morgan fingerprint density at radius 3 is 2.40 bits per heavy atom. The van der Waals surface area contributed by atoms with E-state index in [1.54, 1.807) is 6.92 Å². The number of thioether (sulfide) groups is 1. The molecule has 0 aliphatic rings. The van der Waals surface area contributed by atoms with Gasteiger partial charge in [0.05, 0.1) is 5.75 Å². The summed E-state index contributed by atoms with van der Waals surface area (Å²) in [6, 6.07) is -1.89. The van der Waals surface area contributed by atoms with Gasteiger partial charge in [-0.15, -0.1) is 5.10 Å². The third-order valence-corrected chi connectivity index (χ3v) is 3.26. The Labute approximate surface area is 119 Å². The quantitative estimate of drug-likeness (QED) is 0.837. The molecule has 1 amide bonds. The standard InChI is InChI=1S/C11H17F3N4OS/c1-6-15-9(18-17-6)20-5-7(19)16-8(10(2,3)4)11(12,13)14/h8H,5H2,1-4H3,(H,16,19)(H,15,17,18). The first kappa shape index (κ1) is 16.8. The third kappa shape index (κ3) is 5.03.